The van der Waals surface area contributed by atoms with Crippen LogP contribution in [0.2, 0.25) is 0 Å². The van der Waals surface area contributed by atoms with Gasteiger partial charge in [0.2, 0.25) is 0 Å². The molecule has 20 heavy (non-hydrogen) atoms. The van der Waals surface area contributed by atoms with Crippen molar-refractivity contribution in [3.8, 4) is 0 Å². The summed E-state index contributed by atoms with van der Waals surface area (Å²) in [6.45, 7) is 1.80. The molecule has 0 bridgehead atoms. The van der Waals surface area contributed by atoms with Crippen LogP contribution >= 0.6 is 11.3 Å². The summed E-state index contributed by atoms with van der Waals surface area (Å²) in [5, 5.41) is 24.4. The van der Waals surface area contributed by atoms with Crippen molar-refractivity contribution in [3.63, 3.8) is 0 Å². The van der Waals surface area contributed by atoms with Crippen molar-refractivity contribution in [1.82, 2.24) is 9.97 Å². The molecule has 0 aromatic carbocycles. The number of carbonyl (C=O) groups is 1. The van der Waals surface area contributed by atoms with Crippen molar-refractivity contribution in [2.45, 2.75) is 13.0 Å². The zero-order valence-electron chi connectivity index (χ0n) is 10.3. The van der Waals surface area contributed by atoms with Crippen LogP contribution in [0.3, 0.4) is 0 Å². The summed E-state index contributed by atoms with van der Waals surface area (Å²) in [7, 11) is 0. The van der Waals surface area contributed by atoms with Gasteiger partial charge in [-0.05, 0) is 13.0 Å². The second-order valence-electron chi connectivity index (χ2n) is 3.90. The van der Waals surface area contributed by atoms with Crippen LogP contribution in [0.15, 0.2) is 23.7 Å². The van der Waals surface area contributed by atoms with Gasteiger partial charge in [0.25, 0.3) is 5.69 Å². The summed E-state index contributed by atoms with van der Waals surface area (Å²) in [5.41, 5.74) is -0.0964. The van der Waals surface area contributed by atoms with E-state index in [4.69, 9.17) is 5.11 Å². The number of nitro groups is 1. The normalized spacial score (nSPS) is 11.8. The molecule has 1 atom stereocenters. The highest BCUT2D eigenvalue weighted by molar-refractivity contribution is 7.09. The van der Waals surface area contributed by atoms with E-state index in [0.29, 0.717) is 10.8 Å². The number of hydrogen-bond donors (Lipinski definition) is 2. The Labute approximate surface area is 117 Å². The smallest absolute Gasteiger partial charge is 0.355 e. The lowest BCUT2D eigenvalue weighted by Gasteiger charge is -2.11. The van der Waals surface area contributed by atoms with E-state index in [0.717, 1.165) is 6.20 Å². The molecule has 104 valence electrons. The van der Waals surface area contributed by atoms with E-state index in [-0.39, 0.29) is 17.4 Å². The Hall–Kier alpha value is -2.55. The highest BCUT2D eigenvalue weighted by atomic mass is 32.1. The average Bonchev–Trinajstić information content (AvgIpc) is 2.89. The maximum atomic E-state index is 10.7. The molecule has 1 unspecified atom stereocenters. The lowest BCUT2D eigenvalue weighted by molar-refractivity contribution is -0.385. The standard InChI is InChI=1S/C11H10N4O4S/c1-6(10-14-8(5-20-10)11(16)17)13-9-3-2-7(4-12-9)15(18)19/h2-6H,1H3,(H,12,13)(H,16,17). The topological polar surface area (TPSA) is 118 Å². The fraction of sp³-hybridized carbons (Fsp3) is 0.182. The van der Waals surface area contributed by atoms with E-state index in [9.17, 15) is 14.9 Å². The maximum absolute atomic E-state index is 10.7. The second kappa shape index (κ2) is 5.61. The van der Waals surface area contributed by atoms with E-state index in [1.54, 1.807) is 6.92 Å². The van der Waals surface area contributed by atoms with Crippen molar-refractivity contribution >= 4 is 28.8 Å². The minimum absolute atomic E-state index is 0.00434. The number of carboxylic acid groups (broad SMARTS) is 1. The molecule has 2 aromatic rings. The number of thiazole rings is 1. The third-order valence-corrected chi connectivity index (χ3v) is 3.46. The summed E-state index contributed by atoms with van der Waals surface area (Å²) >= 11 is 1.22. The predicted molar refractivity (Wildman–Crippen MR) is 72.0 cm³/mol. The Kier molecular flexibility index (Phi) is 3.89. The minimum atomic E-state index is -1.08. The van der Waals surface area contributed by atoms with Crippen molar-refractivity contribution in [1.29, 1.82) is 0 Å². The highest BCUT2D eigenvalue weighted by Gasteiger charge is 2.14. The first-order chi connectivity index (χ1) is 9.47. The van der Waals surface area contributed by atoms with Gasteiger partial charge in [-0.3, -0.25) is 10.1 Å². The zero-order valence-corrected chi connectivity index (χ0v) is 11.1. The molecule has 9 heteroatoms. The molecule has 8 nitrogen and oxygen atoms in total. The first-order valence-corrected chi connectivity index (χ1v) is 6.41. The Balaban J connectivity index is 2.08. The number of pyridine rings is 1. The molecular formula is C11H10N4O4S. The third-order valence-electron chi connectivity index (χ3n) is 2.43. The molecule has 0 fully saturated rings. The van der Waals surface area contributed by atoms with Gasteiger partial charge < -0.3 is 10.4 Å². The van der Waals surface area contributed by atoms with Crippen LogP contribution < -0.4 is 5.32 Å². The average molecular weight is 294 g/mol. The van der Waals surface area contributed by atoms with E-state index in [1.165, 1.54) is 28.8 Å². The number of nitrogens with one attached hydrogen (secondary N) is 1. The summed E-state index contributed by atoms with van der Waals surface area (Å²) in [6.07, 6.45) is 1.15. The largest absolute Gasteiger partial charge is 0.476 e. The summed E-state index contributed by atoms with van der Waals surface area (Å²) < 4.78 is 0. The lowest BCUT2D eigenvalue weighted by atomic mass is 10.3. The van der Waals surface area contributed by atoms with Crippen molar-refractivity contribution in [3.05, 3.63) is 44.5 Å². The Morgan fingerprint density at radius 3 is 2.80 bits per heavy atom. The molecule has 2 N–H and O–H groups in total. The van der Waals surface area contributed by atoms with Crippen LogP contribution in [-0.2, 0) is 0 Å². The number of carboxylic acids is 1. The second-order valence-corrected chi connectivity index (χ2v) is 4.79. The molecule has 2 heterocycles. The van der Waals surface area contributed by atoms with Gasteiger partial charge in [-0.2, -0.15) is 0 Å². The molecule has 0 aliphatic rings. The van der Waals surface area contributed by atoms with Crippen molar-refractivity contribution in [2.24, 2.45) is 0 Å². The van der Waals surface area contributed by atoms with Crippen LogP contribution in [0.5, 0.6) is 0 Å². The van der Waals surface area contributed by atoms with Crippen molar-refractivity contribution < 1.29 is 14.8 Å². The van der Waals surface area contributed by atoms with E-state index >= 15 is 0 Å². The van der Waals surface area contributed by atoms with Crippen LogP contribution in [0.25, 0.3) is 0 Å². The van der Waals surface area contributed by atoms with Gasteiger partial charge >= 0.3 is 5.97 Å². The predicted octanol–water partition coefficient (Wildman–Crippen LogP) is 2.32. The van der Waals surface area contributed by atoms with E-state index in [1.807, 2.05) is 0 Å². The molecule has 2 aromatic heterocycles. The zero-order chi connectivity index (χ0) is 14.7. The molecule has 0 aliphatic carbocycles. The SMILES string of the molecule is CC(Nc1ccc([N+](=O)[O-])cn1)c1nc(C(=O)O)cs1. The van der Waals surface area contributed by atoms with Gasteiger partial charge in [-0.1, -0.05) is 0 Å². The number of nitrogens with zero attached hydrogens (tertiary/aromatic N) is 3. The van der Waals surface area contributed by atoms with Gasteiger partial charge in [0.15, 0.2) is 5.69 Å². The van der Waals surface area contributed by atoms with Crippen molar-refractivity contribution in [2.75, 3.05) is 5.32 Å². The molecule has 0 saturated heterocycles. The molecule has 0 spiro atoms. The summed E-state index contributed by atoms with van der Waals surface area (Å²) in [4.78, 5) is 28.6. The van der Waals surface area contributed by atoms with Gasteiger partial charge in [0.05, 0.1) is 11.0 Å². The Morgan fingerprint density at radius 2 is 2.30 bits per heavy atom. The van der Waals surface area contributed by atoms with E-state index in [2.05, 4.69) is 15.3 Å². The third kappa shape index (κ3) is 3.06. The maximum Gasteiger partial charge on any atom is 0.355 e. The molecule has 2 rings (SSSR count). The number of hydrogen-bond acceptors (Lipinski definition) is 7. The first kappa shape index (κ1) is 13.9. The number of aromatic nitrogens is 2. The number of aromatic carboxylic acids is 1. The quantitative estimate of drug-likeness (QED) is 0.641. The fourth-order valence-electron chi connectivity index (χ4n) is 1.45. The fourth-order valence-corrected chi connectivity index (χ4v) is 2.25. The Morgan fingerprint density at radius 1 is 1.55 bits per heavy atom. The van der Waals surface area contributed by atoms with Gasteiger partial charge in [0, 0.05) is 11.4 Å². The van der Waals surface area contributed by atoms with Crippen LogP contribution in [-0.4, -0.2) is 26.0 Å². The summed E-state index contributed by atoms with van der Waals surface area (Å²) in [5.74, 6) is -0.622. The van der Waals surface area contributed by atoms with Gasteiger partial charge in [0.1, 0.15) is 17.0 Å². The Bertz CT molecular complexity index is 640. The molecule has 0 amide bonds. The van der Waals surface area contributed by atoms with Crippen LogP contribution in [0.1, 0.15) is 28.5 Å². The monoisotopic (exact) mass is 294 g/mol. The number of rotatable bonds is 5. The molecular weight excluding hydrogens is 284 g/mol. The molecule has 0 saturated carbocycles. The molecule has 0 radical (unpaired) electrons. The summed E-state index contributed by atoms with van der Waals surface area (Å²) in [6, 6.07) is 2.58. The minimum Gasteiger partial charge on any atom is -0.476 e. The van der Waals surface area contributed by atoms with E-state index < -0.39 is 10.9 Å². The van der Waals surface area contributed by atoms with Crippen LogP contribution in [0.4, 0.5) is 11.5 Å². The van der Waals surface area contributed by atoms with Crippen LogP contribution in [0, 0.1) is 10.1 Å². The van der Waals surface area contributed by atoms with Gasteiger partial charge in [-0.15, -0.1) is 11.3 Å². The first-order valence-electron chi connectivity index (χ1n) is 5.53. The number of anilines is 1. The van der Waals surface area contributed by atoms with Gasteiger partial charge in [-0.25, -0.2) is 14.8 Å². The lowest BCUT2D eigenvalue weighted by Crippen LogP contribution is -2.08. The molecule has 0 aliphatic heterocycles. The highest BCUT2D eigenvalue weighted by Crippen LogP contribution is 2.22.